The Morgan fingerprint density at radius 1 is 1.06 bits per heavy atom. The fraction of sp³-hybridized carbons (Fsp3) is 0.250. The first-order valence-corrected chi connectivity index (χ1v) is 6.42. The summed E-state index contributed by atoms with van der Waals surface area (Å²) in [6, 6.07) is 16.5. The number of rotatable bonds is 2. The number of fused-ring (bicyclic) bond motifs is 1. The molecule has 0 amide bonds. The zero-order valence-electron chi connectivity index (χ0n) is 10.3. The van der Waals surface area contributed by atoms with E-state index in [-0.39, 0.29) is 0 Å². The molecule has 0 unspecified atom stereocenters. The molecule has 18 heavy (non-hydrogen) atoms. The van der Waals surface area contributed by atoms with E-state index in [4.69, 9.17) is 0 Å². The van der Waals surface area contributed by atoms with Crippen LogP contribution < -0.4 is 5.32 Å². The van der Waals surface area contributed by atoms with Crippen LogP contribution in [0.1, 0.15) is 22.7 Å². The van der Waals surface area contributed by atoms with Crippen molar-refractivity contribution in [1.82, 2.24) is 5.32 Å². The Morgan fingerprint density at radius 3 is 2.67 bits per heavy atom. The second-order valence-electron chi connectivity index (χ2n) is 4.83. The Bertz CT molecular complexity index is 533. The van der Waals surface area contributed by atoms with Crippen LogP contribution in [-0.4, -0.2) is 11.7 Å². The number of phenolic OH excluding ortho intramolecular Hbond substituents is 1. The molecule has 0 bridgehead atoms. The van der Waals surface area contributed by atoms with Gasteiger partial charge in [-0.05, 0) is 48.2 Å². The first-order valence-electron chi connectivity index (χ1n) is 6.42. The monoisotopic (exact) mass is 239 g/mol. The van der Waals surface area contributed by atoms with E-state index < -0.39 is 0 Å². The van der Waals surface area contributed by atoms with Crippen molar-refractivity contribution in [3.05, 3.63) is 65.2 Å². The minimum absolute atomic E-state index is 0.329. The van der Waals surface area contributed by atoms with Gasteiger partial charge >= 0.3 is 0 Å². The molecule has 2 heteroatoms. The van der Waals surface area contributed by atoms with Crippen LogP contribution in [0.3, 0.4) is 0 Å². The first kappa shape index (κ1) is 11.3. The normalized spacial score (nSPS) is 18.3. The van der Waals surface area contributed by atoms with Gasteiger partial charge in [0, 0.05) is 6.04 Å². The third-order valence-corrected chi connectivity index (χ3v) is 3.59. The van der Waals surface area contributed by atoms with E-state index in [0.717, 1.165) is 19.4 Å². The van der Waals surface area contributed by atoms with Gasteiger partial charge in [0.15, 0.2) is 0 Å². The molecule has 92 valence electrons. The van der Waals surface area contributed by atoms with E-state index in [1.165, 1.54) is 16.7 Å². The number of benzene rings is 2. The van der Waals surface area contributed by atoms with Crippen molar-refractivity contribution in [3.63, 3.8) is 0 Å². The SMILES string of the molecule is Oc1ccc(C[C@@H]2NCCc3ccccc32)cc1. The van der Waals surface area contributed by atoms with Crippen LogP contribution in [0, 0.1) is 0 Å². The maximum absolute atomic E-state index is 9.30. The van der Waals surface area contributed by atoms with Gasteiger partial charge in [-0.1, -0.05) is 36.4 Å². The van der Waals surface area contributed by atoms with Crippen molar-refractivity contribution in [1.29, 1.82) is 0 Å². The zero-order chi connectivity index (χ0) is 12.4. The minimum atomic E-state index is 0.329. The van der Waals surface area contributed by atoms with Gasteiger partial charge in [-0.15, -0.1) is 0 Å². The lowest BCUT2D eigenvalue weighted by Crippen LogP contribution is -2.31. The summed E-state index contributed by atoms with van der Waals surface area (Å²) >= 11 is 0. The Morgan fingerprint density at radius 2 is 1.83 bits per heavy atom. The number of nitrogens with one attached hydrogen (secondary N) is 1. The summed E-state index contributed by atoms with van der Waals surface area (Å²) in [7, 11) is 0. The molecule has 0 aromatic heterocycles. The summed E-state index contributed by atoms with van der Waals surface area (Å²) in [4.78, 5) is 0. The highest BCUT2D eigenvalue weighted by molar-refractivity contribution is 5.34. The lowest BCUT2D eigenvalue weighted by atomic mass is 9.90. The number of hydrogen-bond donors (Lipinski definition) is 2. The van der Waals surface area contributed by atoms with Gasteiger partial charge < -0.3 is 10.4 Å². The van der Waals surface area contributed by atoms with Gasteiger partial charge in [0.05, 0.1) is 0 Å². The van der Waals surface area contributed by atoms with Gasteiger partial charge in [-0.2, -0.15) is 0 Å². The lowest BCUT2D eigenvalue weighted by molar-refractivity contribution is 0.474. The Kier molecular flexibility index (Phi) is 3.03. The molecular weight excluding hydrogens is 222 g/mol. The van der Waals surface area contributed by atoms with Crippen LogP contribution >= 0.6 is 0 Å². The van der Waals surface area contributed by atoms with Gasteiger partial charge in [0.2, 0.25) is 0 Å². The average Bonchev–Trinajstić information content (AvgIpc) is 2.42. The van der Waals surface area contributed by atoms with E-state index in [0.29, 0.717) is 11.8 Å². The Hall–Kier alpha value is -1.80. The highest BCUT2D eigenvalue weighted by Crippen LogP contribution is 2.26. The van der Waals surface area contributed by atoms with E-state index in [9.17, 15) is 5.11 Å². The van der Waals surface area contributed by atoms with Crippen molar-refractivity contribution in [2.24, 2.45) is 0 Å². The number of phenols is 1. The topological polar surface area (TPSA) is 32.3 Å². The summed E-state index contributed by atoms with van der Waals surface area (Å²) in [5.74, 6) is 0.329. The molecule has 1 heterocycles. The molecule has 1 aliphatic heterocycles. The van der Waals surface area contributed by atoms with Crippen molar-refractivity contribution in [3.8, 4) is 5.75 Å². The standard InChI is InChI=1S/C16H17NO/c18-14-7-5-12(6-8-14)11-16-15-4-2-1-3-13(15)9-10-17-16/h1-8,16-18H,9-11H2/t16-/m0/s1. The molecule has 0 saturated carbocycles. The van der Waals surface area contributed by atoms with Crippen LogP contribution in [0.15, 0.2) is 48.5 Å². The second-order valence-corrected chi connectivity index (χ2v) is 4.83. The maximum Gasteiger partial charge on any atom is 0.115 e. The van der Waals surface area contributed by atoms with Crippen LogP contribution in [0.2, 0.25) is 0 Å². The number of hydrogen-bond acceptors (Lipinski definition) is 2. The van der Waals surface area contributed by atoms with Crippen LogP contribution in [0.25, 0.3) is 0 Å². The molecule has 0 radical (unpaired) electrons. The summed E-state index contributed by atoms with van der Waals surface area (Å²) in [6.07, 6.45) is 2.08. The zero-order valence-corrected chi connectivity index (χ0v) is 10.3. The van der Waals surface area contributed by atoms with E-state index in [1.807, 2.05) is 12.1 Å². The summed E-state index contributed by atoms with van der Waals surface area (Å²) in [5.41, 5.74) is 4.12. The van der Waals surface area contributed by atoms with Gasteiger partial charge in [0.1, 0.15) is 5.75 Å². The summed E-state index contributed by atoms with van der Waals surface area (Å²) in [6.45, 7) is 1.04. The second kappa shape index (κ2) is 4.83. The Balaban J connectivity index is 1.84. The predicted molar refractivity (Wildman–Crippen MR) is 72.7 cm³/mol. The van der Waals surface area contributed by atoms with E-state index in [1.54, 1.807) is 12.1 Å². The van der Waals surface area contributed by atoms with E-state index >= 15 is 0 Å². The molecule has 1 aliphatic rings. The van der Waals surface area contributed by atoms with Crippen LogP contribution in [-0.2, 0) is 12.8 Å². The molecule has 0 spiro atoms. The fourth-order valence-electron chi connectivity index (χ4n) is 2.64. The molecule has 2 aromatic rings. The van der Waals surface area contributed by atoms with Crippen LogP contribution in [0.4, 0.5) is 0 Å². The first-order chi connectivity index (χ1) is 8.83. The smallest absolute Gasteiger partial charge is 0.115 e. The number of aromatic hydroxyl groups is 1. The molecule has 1 atom stereocenters. The van der Waals surface area contributed by atoms with Crippen molar-refractivity contribution < 1.29 is 5.11 Å². The molecule has 3 rings (SSSR count). The third kappa shape index (κ3) is 2.24. The molecule has 2 N–H and O–H groups in total. The molecule has 2 aromatic carbocycles. The van der Waals surface area contributed by atoms with Crippen molar-refractivity contribution in [2.75, 3.05) is 6.54 Å². The predicted octanol–water partition coefficient (Wildman–Crippen LogP) is 2.82. The summed E-state index contributed by atoms with van der Waals surface area (Å²) < 4.78 is 0. The van der Waals surface area contributed by atoms with E-state index in [2.05, 4.69) is 29.6 Å². The highest BCUT2D eigenvalue weighted by atomic mass is 16.3. The summed E-state index contributed by atoms with van der Waals surface area (Å²) in [5, 5.41) is 12.9. The lowest BCUT2D eigenvalue weighted by Gasteiger charge is -2.27. The molecular formula is C16H17NO. The molecule has 0 aliphatic carbocycles. The third-order valence-electron chi connectivity index (χ3n) is 3.59. The largest absolute Gasteiger partial charge is 0.508 e. The molecule has 2 nitrogen and oxygen atoms in total. The van der Waals surface area contributed by atoms with Crippen molar-refractivity contribution in [2.45, 2.75) is 18.9 Å². The minimum Gasteiger partial charge on any atom is -0.508 e. The highest BCUT2D eigenvalue weighted by Gasteiger charge is 2.18. The average molecular weight is 239 g/mol. The Labute approximate surface area is 107 Å². The van der Waals surface area contributed by atoms with Gasteiger partial charge in [-0.3, -0.25) is 0 Å². The van der Waals surface area contributed by atoms with Crippen molar-refractivity contribution >= 4 is 0 Å². The van der Waals surface area contributed by atoms with Gasteiger partial charge in [-0.25, -0.2) is 0 Å². The fourth-order valence-corrected chi connectivity index (χ4v) is 2.64. The van der Waals surface area contributed by atoms with Crippen LogP contribution in [0.5, 0.6) is 5.75 Å². The maximum atomic E-state index is 9.30. The van der Waals surface area contributed by atoms with Gasteiger partial charge in [0.25, 0.3) is 0 Å². The molecule has 0 fully saturated rings. The molecule has 0 saturated heterocycles. The quantitative estimate of drug-likeness (QED) is 0.844.